The molecule has 1 aliphatic heterocycles. The number of hydrogen-bond acceptors (Lipinski definition) is 6. The Balaban J connectivity index is 1.51. The smallest absolute Gasteiger partial charge is 0.246 e. The van der Waals surface area contributed by atoms with Gasteiger partial charge < -0.3 is 14.5 Å². The second-order valence-corrected chi connectivity index (χ2v) is 8.02. The normalized spacial score (nSPS) is 14.2. The molecule has 1 saturated heterocycles. The van der Waals surface area contributed by atoms with Crippen molar-refractivity contribution in [1.29, 1.82) is 0 Å². The van der Waals surface area contributed by atoms with Gasteiger partial charge in [0, 0.05) is 42.2 Å². The van der Waals surface area contributed by atoms with Crippen molar-refractivity contribution >= 4 is 45.1 Å². The van der Waals surface area contributed by atoms with Crippen LogP contribution in [-0.2, 0) is 4.79 Å². The van der Waals surface area contributed by atoms with E-state index in [9.17, 15) is 4.79 Å². The van der Waals surface area contributed by atoms with E-state index in [1.807, 2.05) is 31.2 Å². The van der Waals surface area contributed by atoms with E-state index in [0.29, 0.717) is 48.2 Å². The maximum atomic E-state index is 11.9. The number of aromatic amines is 1. The highest BCUT2D eigenvalue weighted by Gasteiger charge is 2.23. The molecule has 1 aliphatic rings. The summed E-state index contributed by atoms with van der Waals surface area (Å²) in [5.74, 6) is 2.03. The molecular weight excluding hydrogens is 428 g/mol. The number of nitrogens with one attached hydrogen (secondary N) is 1. The molecule has 32 heavy (non-hydrogen) atoms. The molecule has 0 bridgehead atoms. The van der Waals surface area contributed by atoms with Crippen LogP contribution < -0.4 is 9.64 Å². The molecule has 1 amide bonds. The molecule has 0 saturated carbocycles. The van der Waals surface area contributed by atoms with E-state index < -0.39 is 0 Å². The number of carbonyl (C=O) groups is 1. The zero-order valence-electron chi connectivity index (χ0n) is 17.5. The van der Waals surface area contributed by atoms with Crippen LogP contribution in [0.15, 0.2) is 49.4 Å². The van der Waals surface area contributed by atoms with Gasteiger partial charge in [-0.25, -0.2) is 9.97 Å². The number of halogens is 1. The summed E-state index contributed by atoms with van der Waals surface area (Å²) >= 11 is 6.41. The van der Waals surface area contributed by atoms with Crippen LogP contribution in [0, 0.1) is 6.92 Å². The number of aromatic nitrogens is 4. The molecule has 162 valence electrons. The molecule has 0 atom stereocenters. The summed E-state index contributed by atoms with van der Waals surface area (Å²) < 4.78 is 6.36. The highest BCUT2D eigenvalue weighted by Crippen LogP contribution is 2.39. The van der Waals surface area contributed by atoms with Crippen LogP contribution in [-0.4, -0.2) is 57.2 Å². The van der Waals surface area contributed by atoms with Gasteiger partial charge in [0.25, 0.3) is 0 Å². The van der Waals surface area contributed by atoms with E-state index in [1.54, 1.807) is 17.4 Å². The molecular formula is C23H21ClN6O2. The minimum Gasteiger partial charge on any atom is -0.454 e. The molecule has 0 aliphatic carbocycles. The topological polar surface area (TPSA) is 87.2 Å². The summed E-state index contributed by atoms with van der Waals surface area (Å²) in [6.07, 6.45) is 4.63. The first-order chi connectivity index (χ1) is 15.6. The summed E-state index contributed by atoms with van der Waals surface area (Å²) in [6.45, 7) is 8.08. The number of hydrogen-bond donors (Lipinski definition) is 1. The van der Waals surface area contributed by atoms with E-state index >= 15 is 0 Å². The summed E-state index contributed by atoms with van der Waals surface area (Å²) in [7, 11) is 0. The quantitative estimate of drug-likeness (QED) is 0.473. The van der Waals surface area contributed by atoms with Gasteiger partial charge >= 0.3 is 0 Å². The number of para-hydroxylation sites is 1. The molecule has 3 heterocycles. The second-order valence-electron chi connectivity index (χ2n) is 7.61. The number of rotatable bonds is 4. The highest BCUT2D eigenvalue weighted by molar-refractivity contribution is 6.32. The Labute approximate surface area is 189 Å². The van der Waals surface area contributed by atoms with Gasteiger partial charge in [-0.3, -0.25) is 9.89 Å². The average molecular weight is 449 g/mol. The molecule has 4 aromatic rings. The van der Waals surface area contributed by atoms with E-state index in [1.165, 1.54) is 6.08 Å². The van der Waals surface area contributed by atoms with Gasteiger partial charge in [0.2, 0.25) is 5.91 Å². The van der Waals surface area contributed by atoms with E-state index in [-0.39, 0.29) is 5.91 Å². The highest BCUT2D eigenvalue weighted by atomic mass is 35.5. The lowest BCUT2D eigenvalue weighted by atomic mass is 10.1. The van der Waals surface area contributed by atoms with Crippen LogP contribution in [0.1, 0.15) is 5.56 Å². The summed E-state index contributed by atoms with van der Waals surface area (Å²) in [4.78, 5) is 24.9. The van der Waals surface area contributed by atoms with Crippen molar-refractivity contribution in [3.05, 3.63) is 60.0 Å². The SMILES string of the molecule is C=CC(=O)N1CCN(c2ncnc3c(Oc4c(C)c(Cl)cc5[nH]ncc45)cccc23)CC1. The Bertz CT molecular complexity index is 1340. The lowest BCUT2D eigenvalue weighted by Crippen LogP contribution is -2.48. The number of benzene rings is 2. The number of nitrogens with zero attached hydrogens (tertiary/aromatic N) is 5. The Morgan fingerprint density at radius 3 is 2.81 bits per heavy atom. The lowest BCUT2D eigenvalue weighted by Gasteiger charge is -2.35. The molecule has 2 aromatic carbocycles. The van der Waals surface area contributed by atoms with Crippen molar-refractivity contribution in [2.24, 2.45) is 0 Å². The Kier molecular flexibility index (Phi) is 5.14. The lowest BCUT2D eigenvalue weighted by molar-refractivity contribution is -0.126. The van der Waals surface area contributed by atoms with Crippen LogP contribution >= 0.6 is 11.6 Å². The Morgan fingerprint density at radius 1 is 1.22 bits per heavy atom. The van der Waals surface area contributed by atoms with Gasteiger partial charge in [0.15, 0.2) is 5.75 Å². The Morgan fingerprint density at radius 2 is 2.03 bits per heavy atom. The van der Waals surface area contributed by atoms with Crippen molar-refractivity contribution in [2.75, 3.05) is 31.1 Å². The molecule has 5 rings (SSSR count). The second kappa shape index (κ2) is 8.12. The van der Waals surface area contributed by atoms with Crippen molar-refractivity contribution in [2.45, 2.75) is 6.92 Å². The predicted octanol–water partition coefficient (Wildman–Crippen LogP) is 4.09. The van der Waals surface area contributed by atoms with Gasteiger partial charge in [0.05, 0.1) is 17.1 Å². The molecule has 0 radical (unpaired) electrons. The van der Waals surface area contributed by atoms with Crippen LogP contribution in [0.4, 0.5) is 5.82 Å². The minimum atomic E-state index is -0.0460. The number of ether oxygens (including phenoxy) is 1. The number of amides is 1. The summed E-state index contributed by atoms with van der Waals surface area (Å²) in [5.41, 5.74) is 2.34. The fourth-order valence-corrected chi connectivity index (χ4v) is 4.22. The summed E-state index contributed by atoms with van der Waals surface area (Å²) in [5, 5.41) is 9.39. The van der Waals surface area contributed by atoms with E-state index in [2.05, 4.69) is 31.6 Å². The van der Waals surface area contributed by atoms with Crippen LogP contribution in [0.3, 0.4) is 0 Å². The minimum absolute atomic E-state index is 0.0460. The van der Waals surface area contributed by atoms with Gasteiger partial charge in [0.1, 0.15) is 23.4 Å². The third kappa shape index (κ3) is 3.42. The largest absolute Gasteiger partial charge is 0.454 e. The van der Waals surface area contributed by atoms with Crippen molar-refractivity contribution in [1.82, 2.24) is 25.1 Å². The van der Waals surface area contributed by atoms with Gasteiger partial charge in [-0.15, -0.1) is 0 Å². The van der Waals surface area contributed by atoms with E-state index in [4.69, 9.17) is 16.3 Å². The van der Waals surface area contributed by atoms with Gasteiger partial charge in [-0.2, -0.15) is 5.10 Å². The number of carbonyl (C=O) groups excluding carboxylic acids is 1. The molecule has 0 unspecified atom stereocenters. The number of H-pyrrole nitrogens is 1. The van der Waals surface area contributed by atoms with Crippen LogP contribution in [0.25, 0.3) is 21.8 Å². The molecule has 1 N–H and O–H groups in total. The van der Waals surface area contributed by atoms with Crippen LogP contribution in [0.2, 0.25) is 5.02 Å². The maximum Gasteiger partial charge on any atom is 0.246 e. The fraction of sp³-hybridized carbons (Fsp3) is 0.217. The first kappa shape index (κ1) is 20.3. The zero-order chi connectivity index (χ0) is 22.2. The fourth-order valence-electron chi connectivity index (χ4n) is 4.02. The average Bonchev–Trinajstić information content (AvgIpc) is 3.29. The van der Waals surface area contributed by atoms with Crippen molar-refractivity contribution < 1.29 is 9.53 Å². The maximum absolute atomic E-state index is 11.9. The number of fused-ring (bicyclic) bond motifs is 2. The monoisotopic (exact) mass is 448 g/mol. The van der Waals surface area contributed by atoms with Gasteiger partial charge in [-0.1, -0.05) is 24.2 Å². The third-order valence-corrected chi connectivity index (χ3v) is 6.16. The first-order valence-electron chi connectivity index (χ1n) is 10.3. The Hall–Kier alpha value is -3.65. The zero-order valence-corrected chi connectivity index (χ0v) is 18.3. The molecule has 0 spiro atoms. The van der Waals surface area contributed by atoms with Crippen molar-refractivity contribution in [3.63, 3.8) is 0 Å². The number of anilines is 1. The first-order valence-corrected chi connectivity index (χ1v) is 10.6. The summed E-state index contributed by atoms with van der Waals surface area (Å²) in [6, 6.07) is 7.63. The molecule has 1 fully saturated rings. The van der Waals surface area contributed by atoms with Gasteiger partial charge in [-0.05, 0) is 31.2 Å². The molecule has 2 aromatic heterocycles. The third-order valence-electron chi connectivity index (χ3n) is 5.77. The molecule has 8 nitrogen and oxygen atoms in total. The van der Waals surface area contributed by atoms with Crippen molar-refractivity contribution in [3.8, 4) is 11.5 Å². The standard InChI is InChI=1S/C23H21ClN6O2/c1-3-20(31)29-7-9-30(10-8-29)23-15-5-4-6-19(21(15)25-13-26-23)32-22-14(2)17(24)11-18-16(22)12-27-28-18/h3-6,11-13H,1,7-10H2,2H3,(H,27,28). The number of piperazine rings is 1. The predicted molar refractivity (Wildman–Crippen MR) is 124 cm³/mol. The van der Waals surface area contributed by atoms with E-state index in [0.717, 1.165) is 27.7 Å². The molecule has 9 heteroatoms. The van der Waals surface area contributed by atoms with Crippen LogP contribution in [0.5, 0.6) is 11.5 Å².